The summed E-state index contributed by atoms with van der Waals surface area (Å²) in [6.45, 7) is 1.97. The lowest BCUT2D eigenvalue weighted by molar-refractivity contribution is 0.101. The second-order valence-electron chi connectivity index (χ2n) is 5.30. The van der Waals surface area contributed by atoms with Crippen LogP contribution < -0.4 is 0 Å². The number of carbonyl (C=O) groups is 1. The topological polar surface area (TPSA) is 47.3 Å². The third-order valence-corrected chi connectivity index (χ3v) is 4.94. The van der Waals surface area contributed by atoms with E-state index in [4.69, 9.17) is 4.42 Å². The summed E-state index contributed by atoms with van der Waals surface area (Å²) in [4.78, 5) is 13.4. The van der Waals surface area contributed by atoms with Crippen molar-refractivity contribution in [3.63, 3.8) is 0 Å². The molecule has 0 spiro atoms. The van der Waals surface area contributed by atoms with Gasteiger partial charge in [-0.25, -0.2) is 4.21 Å². The van der Waals surface area contributed by atoms with E-state index in [-0.39, 0.29) is 11.5 Å². The minimum atomic E-state index is -1.45. The van der Waals surface area contributed by atoms with Crippen LogP contribution >= 0.6 is 0 Å². The van der Waals surface area contributed by atoms with E-state index in [2.05, 4.69) is 0 Å². The molecule has 3 aromatic rings. The van der Waals surface area contributed by atoms with Crippen LogP contribution in [0.3, 0.4) is 0 Å². The van der Waals surface area contributed by atoms with E-state index < -0.39 is 10.8 Å². The zero-order chi connectivity index (χ0) is 16.9. The highest BCUT2D eigenvalue weighted by Crippen LogP contribution is 2.22. The predicted molar refractivity (Wildman–Crippen MR) is 94.4 cm³/mol. The van der Waals surface area contributed by atoms with Crippen LogP contribution in [-0.4, -0.2) is 9.99 Å². The summed E-state index contributed by atoms with van der Waals surface area (Å²) in [5.74, 6) is -0.194. The normalized spacial score (nSPS) is 12.4. The fourth-order valence-corrected chi connectivity index (χ4v) is 3.36. The third-order valence-electron chi connectivity index (χ3n) is 3.51. The molecule has 0 unspecified atom stereocenters. The Labute approximate surface area is 143 Å². The van der Waals surface area contributed by atoms with Gasteiger partial charge in [0, 0.05) is 4.90 Å². The van der Waals surface area contributed by atoms with Gasteiger partial charge in [-0.1, -0.05) is 54.1 Å². The number of rotatable bonds is 5. The highest BCUT2D eigenvalue weighted by Gasteiger charge is 2.19. The largest absolute Gasteiger partial charge is 0.460 e. The molecule has 0 radical (unpaired) electrons. The smallest absolute Gasteiger partial charge is 0.222 e. The van der Waals surface area contributed by atoms with Crippen LogP contribution in [0.25, 0.3) is 6.08 Å². The summed E-state index contributed by atoms with van der Waals surface area (Å²) in [5, 5.41) is 0. The molecule has 0 bridgehead atoms. The van der Waals surface area contributed by atoms with Crippen LogP contribution in [-0.2, 0) is 10.8 Å². The second-order valence-corrected chi connectivity index (χ2v) is 6.75. The molecule has 0 fully saturated rings. The Morgan fingerprint density at radius 2 is 1.71 bits per heavy atom. The van der Waals surface area contributed by atoms with E-state index in [9.17, 15) is 9.00 Å². The second kappa shape index (κ2) is 7.23. The van der Waals surface area contributed by atoms with Crippen LogP contribution in [0.2, 0.25) is 0 Å². The first kappa shape index (κ1) is 16.1. The molecule has 0 aliphatic carbocycles. The minimum absolute atomic E-state index is 0.112. The van der Waals surface area contributed by atoms with E-state index in [1.54, 1.807) is 24.3 Å². The van der Waals surface area contributed by atoms with Crippen LogP contribution in [0, 0.1) is 6.92 Å². The maximum Gasteiger partial charge on any atom is 0.222 e. The van der Waals surface area contributed by atoms with Gasteiger partial charge >= 0.3 is 0 Å². The van der Waals surface area contributed by atoms with Crippen molar-refractivity contribution in [2.45, 2.75) is 16.7 Å². The molecule has 0 saturated heterocycles. The highest BCUT2D eigenvalue weighted by atomic mass is 32.2. The van der Waals surface area contributed by atoms with Crippen molar-refractivity contribution in [3.05, 3.63) is 89.9 Å². The first-order valence-electron chi connectivity index (χ1n) is 7.48. The van der Waals surface area contributed by atoms with Crippen molar-refractivity contribution in [1.82, 2.24) is 0 Å². The Morgan fingerprint density at radius 1 is 1.00 bits per heavy atom. The number of benzene rings is 2. The van der Waals surface area contributed by atoms with Gasteiger partial charge in [-0.05, 0) is 36.8 Å². The highest BCUT2D eigenvalue weighted by molar-refractivity contribution is 7.85. The van der Waals surface area contributed by atoms with E-state index in [0.717, 1.165) is 11.1 Å². The summed E-state index contributed by atoms with van der Waals surface area (Å²) in [7, 11) is -1.45. The molecular formula is C20H16O3S. The van der Waals surface area contributed by atoms with Gasteiger partial charge in [0.05, 0.1) is 22.0 Å². The molecule has 24 heavy (non-hydrogen) atoms. The molecule has 1 heterocycles. The monoisotopic (exact) mass is 336 g/mol. The van der Waals surface area contributed by atoms with Crippen molar-refractivity contribution < 1.29 is 13.4 Å². The van der Waals surface area contributed by atoms with Gasteiger partial charge in [0.15, 0.2) is 5.76 Å². The number of hydrogen-bond donors (Lipinski definition) is 0. The quantitative estimate of drug-likeness (QED) is 0.503. The van der Waals surface area contributed by atoms with Crippen molar-refractivity contribution in [1.29, 1.82) is 0 Å². The first-order valence-corrected chi connectivity index (χ1v) is 8.63. The molecule has 120 valence electrons. The standard InChI is InChI=1S/C20H16O3S/c1-15-7-10-17(11-8-15)24(22)19-13-14-23-20(19)18(21)12-9-16-5-3-2-4-6-16/h2-14H,1H3/b12-9+/t24-/m0/s1. The van der Waals surface area contributed by atoms with E-state index in [0.29, 0.717) is 9.79 Å². The van der Waals surface area contributed by atoms with Gasteiger partial charge in [-0.15, -0.1) is 0 Å². The molecule has 0 amide bonds. The fraction of sp³-hybridized carbons (Fsp3) is 0.0500. The number of allylic oxidation sites excluding steroid dienone is 1. The summed E-state index contributed by atoms with van der Waals surface area (Å²) < 4.78 is 18.0. The zero-order valence-electron chi connectivity index (χ0n) is 13.1. The molecule has 1 aromatic heterocycles. The Morgan fingerprint density at radius 3 is 2.42 bits per heavy atom. The van der Waals surface area contributed by atoms with E-state index in [1.807, 2.05) is 49.4 Å². The molecule has 4 heteroatoms. The van der Waals surface area contributed by atoms with Gasteiger partial charge in [0.1, 0.15) is 0 Å². The molecule has 3 nitrogen and oxygen atoms in total. The predicted octanol–water partition coefficient (Wildman–Crippen LogP) is 4.65. The molecule has 1 atom stereocenters. The molecular weight excluding hydrogens is 320 g/mol. The number of carbonyl (C=O) groups excluding carboxylic acids is 1. The molecule has 0 saturated carbocycles. The maximum atomic E-state index is 12.7. The number of ketones is 1. The van der Waals surface area contributed by atoms with Crippen LogP contribution in [0.1, 0.15) is 21.7 Å². The van der Waals surface area contributed by atoms with E-state index >= 15 is 0 Å². The van der Waals surface area contributed by atoms with Gasteiger partial charge in [0.2, 0.25) is 5.78 Å². The fourth-order valence-electron chi connectivity index (χ4n) is 2.22. The van der Waals surface area contributed by atoms with Crippen molar-refractivity contribution in [2.75, 3.05) is 0 Å². The maximum absolute atomic E-state index is 12.7. The number of aryl methyl sites for hydroxylation is 1. The van der Waals surface area contributed by atoms with Crippen LogP contribution in [0.15, 0.2) is 87.2 Å². The van der Waals surface area contributed by atoms with Crippen molar-refractivity contribution in [2.24, 2.45) is 0 Å². The summed E-state index contributed by atoms with van der Waals surface area (Å²) in [6.07, 6.45) is 4.54. The summed E-state index contributed by atoms with van der Waals surface area (Å²) in [5.41, 5.74) is 2.00. The minimum Gasteiger partial charge on any atom is -0.460 e. The van der Waals surface area contributed by atoms with Crippen molar-refractivity contribution in [3.8, 4) is 0 Å². The Hall–Kier alpha value is -2.72. The van der Waals surface area contributed by atoms with Gasteiger partial charge < -0.3 is 4.42 Å². The van der Waals surface area contributed by atoms with Gasteiger partial charge in [-0.2, -0.15) is 0 Å². The lowest BCUT2D eigenvalue weighted by atomic mass is 10.2. The lowest BCUT2D eigenvalue weighted by Gasteiger charge is -2.02. The lowest BCUT2D eigenvalue weighted by Crippen LogP contribution is -2.00. The van der Waals surface area contributed by atoms with Crippen LogP contribution in [0.4, 0.5) is 0 Å². The van der Waals surface area contributed by atoms with E-state index in [1.165, 1.54) is 12.3 Å². The Balaban J connectivity index is 1.84. The van der Waals surface area contributed by atoms with Crippen LogP contribution in [0.5, 0.6) is 0 Å². The van der Waals surface area contributed by atoms with Gasteiger partial charge in [0.25, 0.3) is 0 Å². The molecule has 3 rings (SSSR count). The number of furan rings is 1. The molecule has 0 aliphatic rings. The van der Waals surface area contributed by atoms with Gasteiger partial charge in [-0.3, -0.25) is 4.79 Å². The Kier molecular flexibility index (Phi) is 4.87. The SMILES string of the molecule is Cc1ccc([S@](=O)c2ccoc2C(=O)/C=C/c2ccccc2)cc1. The zero-order valence-corrected chi connectivity index (χ0v) is 14.0. The average Bonchev–Trinajstić information content (AvgIpc) is 3.10. The Bertz CT molecular complexity index is 890. The molecule has 2 aromatic carbocycles. The third kappa shape index (κ3) is 3.60. The number of hydrogen-bond acceptors (Lipinski definition) is 3. The first-order chi connectivity index (χ1) is 11.6. The molecule has 0 N–H and O–H groups in total. The summed E-state index contributed by atoms with van der Waals surface area (Å²) >= 11 is 0. The molecule has 0 aliphatic heterocycles. The van der Waals surface area contributed by atoms with Crippen molar-refractivity contribution >= 4 is 22.7 Å². The average molecular weight is 336 g/mol. The summed E-state index contributed by atoms with van der Waals surface area (Å²) in [6, 6.07) is 18.5.